The van der Waals surface area contributed by atoms with Crippen LogP contribution in [-0.2, 0) is 4.79 Å². The average molecular weight is 437 g/mol. The predicted molar refractivity (Wildman–Crippen MR) is 130 cm³/mol. The third kappa shape index (κ3) is 5.27. The Bertz CT molecular complexity index is 911. The third-order valence-electron chi connectivity index (χ3n) is 5.97. The van der Waals surface area contributed by atoms with E-state index in [2.05, 4.69) is 29.3 Å². The van der Waals surface area contributed by atoms with Crippen LogP contribution in [0.15, 0.2) is 59.5 Å². The summed E-state index contributed by atoms with van der Waals surface area (Å²) in [4.78, 5) is 16.4. The lowest BCUT2D eigenvalue weighted by Crippen LogP contribution is -2.48. The van der Waals surface area contributed by atoms with Gasteiger partial charge in [0.25, 0.3) is 5.91 Å². The fraction of sp³-hybridized carbons (Fsp3) is 0.423. The van der Waals surface area contributed by atoms with E-state index in [0.29, 0.717) is 5.92 Å². The summed E-state index contributed by atoms with van der Waals surface area (Å²) >= 11 is 1.62. The van der Waals surface area contributed by atoms with Gasteiger partial charge in [0.05, 0.1) is 11.0 Å². The first-order valence-electron chi connectivity index (χ1n) is 11.3. The number of carbonyl (C=O) groups excluding carboxylic acids is 1. The first kappa shape index (κ1) is 21.8. The van der Waals surface area contributed by atoms with Crippen LogP contribution in [0.5, 0.6) is 5.75 Å². The van der Waals surface area contributed by atoms with Gasteiger partial charge in [-0.15, -0.1) is 0 Å². The van der Waals surface area contributed by atoms with Crippen molar-refractivity contribution in [3.63, 3.8) is 0 Å². The van der Waals surface area contributed by atoms with Crippen LogP contribution < -0.4 is 10.1 Å². The van der Waals surface area contributed by atoms with Crippen molar-refractivity contribution >= 4 is 29.4 Å². The molecule has 0 bridgehead atoms. The van der Waals surface area contributed by atoms with E-state index in [-0.39, 0.29) is 23.6 Å². The fourth-order valence-corrected chi connectivity index (χ4v) is 5.65. The quantitative estimate of drug-likeness (QED) is 0.535. The van der Waals surface area contributed by atoms with E-state index in [1.54, 1.807) is 11.8 Å². The minimum Gasteiger partial charge on any atom is -0.491 e. The van der Waals surface area contributed by atoms with E-state index < -0.39 is 0 Å². The van der Waals surface area contributed by atoms with E-state index in [1.165, 1.54) is 19.3 Å². The number of nitrogens with one attached hydrogen (secondary N) is 1. The number of anilines is 1. The Morgan fingerprint density at radius 1 is 1.06 bits per heavy atom. The normalized spacial score (nSPS) is 25.3. The summed E-state index contributed by atoms with van der Waals surface area (Å²) in [5, 5.41) is 3.59. The smallest absolute Gasteiger partial charge is 0.262 e. The molecule has 0 spiro atoms. The van der Waals surface area contributed by atoms with Crippen LogP contribution in [-0.4, -0.2) is 28.5 Å². The standard InChI is InChI=1S/C26H32N2O2S/c1-18(2)30-22-15-13-20(14-16-22)17-24-25(29)28(23-12-8-7-9-19(23)3)26(31-24)27-21-10-5-4-6-11-21/h4-6,10-11,13-19,23,26-27H,7-9,12H2,1-3H3/b24-17-/t19-,23-,26?/m1/s1. The number of ether oxygens (including phenoxy) is 1. The van der Waals surface area contributed by atoms with Crippen LogP contribution in [0.4, 0.5) is 5.69 Å². The Hall–Kier alpha value is -2.40. The number of thioether (sulfide) groups is 1. The summed E-state index contributed by atoms with van der Waals surface area (Å²) < 4.78 is 5.74. The summed E-state index contributed by atoms with van der Waals surface area (Å²) in [5.41, 5.74) is 1.97. The Kier molecular flexibility index (Phi) is 6.91. The topological polar surface area (TPSA) is 41.6 Å². The second kappa shape index (κ2) is 9.82. The largest absolute Gasteiger partial charge is 0.491 e. The van der Waals surface area contributed by atoms with Gasteiger partial charge in [-0.05, 0) is 68.5 Å². The predicted octanol–water partition coefficient (Wildman–Crippen LogP) is 6.36. The number of hydrogen-bond acceptors (Lipinski definition) is 4. The number of benzene rings is 2. The van der Waals surface area contributed by atoms with Crippen molar-refractivity contribution in [2.45, 2.75) is 64.1 Å². The van der Waals surface area contributed by atoms with Crippen molar-refractivity contribution in [3.8, 4) is 5.75 Å². The van der Waals surface area contributed by atoms with Gasteiger partial charge in [0.15, 0.2) is 5.50 Å². The highest BCUT2D eigenvalue weighted by molar-refractivity contribution is 8.05. The highest BCUT2D eigenvalue weighted by atomic mass is 32.2. The maximum atomic E-state index is 13.5. The van der Waals surface area contributed by atoms with Gasteiger partial charge < -0.3 is 15.0 Å². The molecule has 1 aliphatic heterocycles. The molecule has 5 heteroatoms. The number of nitrogens with zero attached hydrogens (tertiary/aromatic N) is 1. The van der Waals surface area contributed by atoms with E-state index in [4.69, 9.17) is 4.74 Å². The zero-order chi connectivity index (χ0) is 21.8. The van der Waals surface area contributed by atoms with Crippen LogP contribution in [0, 0.1) is 5.92 Å². The van der Waals surface area contributed by atoms with Gasteiger partial charge in [-0.2, -0.15) is 0 Å². The van der Waals surface area contributed by atoms with Gasteiger partial charge in [0.2, 0.25) is 0 Å². The summed E-state index contributed by atoms with van der Waals surface area (Å²) in [6.07, 6.45) is 6.88. The van der Waals surface area contributed by atoms with Gasteiger partial charge in [0, 0.05) is 11.7 Å². The van der Waals surface area contributed by atoms with Gasteiger partial charge in [-0.25, -0.2) is 0 Å². The molecule has 4 nitrogen and oxygen atoms in total. The molecule has 1 aliphatic carbocycles. The number of hydrogen-bond donors (Lipinski definition) is 1. The first-order valence-corrected chi connectivity index (χ1v) is 12.2. The van der Waals surface area contributed by atoms with Crippen LogP contribution >= 0.6 is 11.8 Å². The minimum absolute atomic E-state index is 0.0877. The second-order valence-electron chi connectivity index (χ2n) is 8.77. The van der Waals surface area contributed by atoms with Crippen molar-refractivity contribution in [2.75, 3.05) is 5.32 Å². The Morgan fingerprint density at radius 3 is 2.45 bits per heavy atom. The number of carbonyl (C=O) groups is 1. The molecule has 2 aromatic carbocycles. The second-order valence-corrected chi connectivity index (χ2v) is 9.89. The molecule has 1 amide bonds. The van der Waals surface area contributed by atoms with Gasteiger partial charge in [-0.3, -0.25) is 4.79 Å². The summed E-state index contributed by atoms with van der Waals surface area (Å²) in [6, 6.07) is 18.4. The molecule has 0 radical (unpaired) electrons. The molecule has 0 aromatic heterocycles. The van der Waals surface area contributed by atoms with Crippen molar-refractivity contribution in [1.29, 1.82) is 0 Å². The molecular weight excluding hydrogens is 404 g/mol. The van der Waals surface area contributed by atoms with Crippen LogP contribution in [0.3, 0.4) is 0 Å². The minimum atomic E-state index is -0.0877. The lowest BCUT2D eigenvalue weighted by atomic mass is 9.85. The zero-order valence-corrected chi connectivity index (χ0v) is 19.4. The Labute approximate surface area is 190 Å². The molecular formula is C26H32N2O2S. The molecule has 31 heavy (non-hydrogen) atoms. The van der Waals surface area contributed by atoms with Crippen LogP contribution in [0.2, 0.25) is 0 Å². The van der Waals surface area contributed by atoms with Gasteiger partial charge in [-0.1, -0.05) is 61.9 Å². The molecule has 1 unspecified atom stereocenters. The van der Waals surface area contributed by atoms with Gasteiger partial charge >= 0.3 is 0 Å². The number of amides is 1. The molecule has 2 fully saturated rings. The summed E-state index contributed by atoms with van der Waals surface area (Å²) in [6.45, 7) is 6.32. The highest BCUT2D eigenvalue weighted by Gasteiger charge is 2.42. The monoisotopic (exact) mass is 436 g/mol. The van der Waals surface area contributed by atoms with E-state index in [1.807, 2.05) is 62.4 Å². The lowest BCUT2D eigenvalue weighted by molar-refractivity contribution is -0.129. The molecule has 1 saturated carbocycles. The average Bonchev–Trinajstić information content (AvgIpc) is 3.05. The lowest BCUT2D eigenvalue weighted by Gasteiger charge is -2.39. The van der Waals surface area contributed by atoms with Crippen molar-refractivity contribution < 1.29 is 9.53 Å². The van der Waals surface area contributed by atoms with E-state index in [9.17, 15) is 4.79 Å². The molecule has 1 heterocycles. The molecule has 2 aromatic rings. The Balaban J connectivity index is 1.58. The van der Waals surface area contributed by atoms with E-state index >= 15 is 0 Å². The highest BCUT2D eigenvalue weighted by Crippen LogP contribution is 2.42. The van der Waals surface area contributed by atoms with Crippen LogP contribution in [0.1, 0.15) is 52.0 Å². The third-order valence-corrected chi connectivity index (χ3v) is 7.09. The number of rotatable bonds is 6. The van der Waals surface area contributed by atoms with Crippen molar-refractivity contribution in [1.82, 2.24) is 4.90 Å². The van der Waals surface area contributed by atoms with E-state index in [0.717, 1.165) is 28.3 Å². The van der Waals surface area contributed by atoms with Crippen LogP contribution in [0.25, 0.3) is 6.08 Å². The first-order chi connectivity index (χ1) is 15.0. The van der Waals surface area contributed by atoms with Crippen molar-refractivity contribution in [2.24, 2.45) is 5.92 Å². The molecule has 1 N–H and O–H groups in total. The summed E-state index contributed by atoms with van der Waals surface area (Å²) in [7, 11) is 0. The molecule has 1 saturated heterocycles. The molecule has 4 rings (SSSR count). The SMILES string of the molecule is CC(C)Oc1ccc(/C=C2\SC(Nc3ccccc3)N([C@@H]3CCCC[C@H]3C)C2=O)cc1. The molecule has 164 valence electrons. The zero-order valence-electron chi connectivity index (χ0n) is 18.6. The Morgan fingerprint density at radius 2 is 1.77 bits per heavy atom. The number of para-hydroxylation sites is 1. The summed E-state index contributed by atoms with van der Waals surface area (Å²) in [5.74, 6) is 1.51. The molecule has 2 aliphatic rings. The fourth-order valence-electron chi connectivity index (χ4n) is 4.43. The maximum absolute atomic E-state index is 13.5. The van der Waals surface area contributed by atoms with Crippen molar-refractivity contribution in [3.05, 3.63) is 65.1 Å². The molecule has 3 atom stereocenters. The van der Waals surface area contributed by atoms with Gasteiger partial charge in [0.1, 0.15) is 5.75 Å². The maximum Gasteiger partial charge on any atom is 0.262 e.